The van der Waals surface area contributed by atoms with E-state index in [4.69, 9.17) is 5.11 Å². The molecule has 96 valence electrons. The van der Waals surface area contributed by atoms with Crippen LogP contribution >= 0.6 is 15.9 Å². The van der Waals surface area contributed by atoms with Crippen molar-refractivity contribution >= 4 is 32.8 Å². The van der Waals surface area contributed by atoms with Gasteiger partial charge in [-0.15, -0.1) is 0 Å². The van der Waals surface area contributed by atoms with Crippen LogP contribution in [-0.2, 0) is 7.05 Å². The second-order valence-electron chi connectivity index (χ2n) is 4.24. The monoisotopic (exact) mass is 319 g/mol. The third-order valence-corrected chi connectivity index (χ3v) is 3.68. The van der Waals surface area contributed by atoms with Gasteiger partial charge in [0, 0.05) is 34.2 Å². The van der Waals surface area contributed by atoms with Gasteiger partial charge in [0.15, 0.2) is 5.69 Å². The molecule has 5 nitrogen and oxygen atoms in total. The van der Waals surface area contributed by atoms with Crippen LogP contribution in [0.25, 0.3) is 22.2 Å². The van der Waals surface area contributed by atoms with Crippen molar-refractivity contribution in [2.24, 2.45) is 7.05 Å². The summed E-state index contributed by atoms with van der Waals surface area (Å²) < 4.78 is 2.55. The third kappa shape index (κ3) is 1.94. The van der Waals surface area contributed by atoms with Gasteiger partial charge >= 0.3 is 5.97 Å². The maximum atomic E-state index is 10.9. The van der Waals surface area contributed by atoms with E-state index in [0.717, 1.165) is 26.6 Å². The first-order valence-corrected chi connectivity index (χ1v) is 6.40. The zero-order chi connectivity index (χ0) is 13.6. The normalized spacial score (nSPS) is 11.1. The summed E-state index contributed by atoms with van der Waals surface area (Å²) in [5.41, 5.74) is 2.77. The van der Waals surface area contributed by atoms with E-state index in [0.29, 0.717) is 0 Å². The molecule has 0 radical (unpaired) electrons. The summed E-state index contributed by atoms with van der Waals surface area (Å²) in [7, 11) is 1.73. The number of carboxylic acids is 1. The van der Waals surface area contributed by atoms with E-state index in [1.54, 1.807) is 17.8 Å². The molecule has 2 heterocycles. The standard InChI is InChI=1S/C13H10BrN3O2/c1-17-12(5-11(16-17)13(18)19)7-2-3-10-8(4-7)9(14)6-15-10/h2-6,15H,1H3,(H,18,19). The number of fused-ring (bicyclic) bond motifs is 1. The average molecular weight is 320 g/mol. The molecule has 0 saturated carbocycles. The topological polar surface area (TPSA) is 70.9 Å². The minimum Gasteiger partial charge on any atom is -0.476 e. The van der Waals surface area contributed by atoms with E-state index < -0.39 is 5.97 Å². The van der Waals surface area contributed by atoms with Crippen molar-refractivity contribution in [1.29, 1.82) is 0 Å². The van der Waals surface area contributed by atoms with Crippen molar-refractivity contribution in [1.82, 2.24) is 14.8 Å². The highest BCUT2D eigenvalue weighted by Gasteiger charge is 2.13. The van der Waals surface area contributed by atoms with Crippen LogP contribution in [0.15, 0.2) is 34.9 Å². The Balaban J connectivity index is 2.18. The molecular formula is C13H10BrN3O2. The van der Waals surface area contributed by atoms with Crippen molar-refractivity contribution < 1.29 is 9.90 Å². The number of hydrogen-bond donors (Lipinski definition) is 2. The van der Waals surface area contributed by atoms with Crippen molar-refractivity contribution in [2.75, 3.05) is 0 Å². The first-order valence-electron chi connectivity index (χ1n) is 5.60. The molecule has 0 aliphatic rings. The number of halogens is 1. The lowest BCUT2D eigenvalue weighted by atomic mass is 10.1. The van der Waals surface area contributed by atoms with Gasteiger partial charge in [0.1, 0.15) is 0 Å². The Morgan fingerprint density at radius 2 is 2.21 bits per heavy atom. The summed E-state index contributed by atoms with van der Waals surface area (Å²) in [6, 6.07) is 7.47. The van der Waals surface area contributed by atoms with E-state index in [2.05, 4.69) is 26.0 Å². The van der Waals surface area contributed by atoms with Gasteiger partial charge in [-0.3, -0.25) is 4.68 Å². The molecule has 2 N–H and O–H groups in total. The number of rotatable bonds is 2. The van der Waals surface area contributed by atoms with Gasteiger partial charge in [-0.25, -0.2) is 4.79 Å². The Kier molecular flexibility index (Phi) is 2.67. The summed E-state index contributed by atoms with van der Waals surface area (Å²) in [6.45, 7) is 0. The largest absolute Gasteiger partial charge is 0.476 e. The summed E-state index contributed by atoms with van der Waals surface area (Å²) in [5, 5.41) is 14.0. The van der Waals surface area contributed by atoms with Crippen molar-refractivity contribution in [2.45, 2.75) is 0 Å². The molecule has 0 fully saturated rings. The van der Waals surface area contributed by atoms with Gasteiger partial charge in [-0.1, -0.05) is 6.07 Å². The number of nitrogens with one attached hydrogen (secondary N) is 1. The SMILES string of the molecule is Cn1nc(C(=O)O)cc1-c1ccc2[nH]cc(Br)c2c1. The number of aromatic amines is 1. The number of nitrogens with zero attached hydrogens (tertiary/aromatic N) is 2. The van der Waals surface area contributed by atoms with Crippen LogP contribution in [0, 0.1) is 0 Å². The Bertz CT molecular complexity index is 788. The highest BCUT2D eigenvalue weighted by Crippen LogP contribution is 2.29. The Labute approximate surface area is 117 Å². The zero-order valence-corrected chi connectivity index (χ0v) is 11.6. The summed E-state index contributed by atoms with van der Waals surface area (Å²) in [6.07, 6.45) is 1.88. The van der Waals surface area contributed by atoms with Gasteiger partial charge in [0.2, 0.25) is 0 Å². The molecule has 0 saturated heterocycles. The minimum absolute atomic E-state index is 0.0470. The van der Waals surface area contributed by atoms with Crippen molar-refractivity contribution in [3.63, 3.8) is 0 Å². The average Bonchev–Trinajstić information content (AvgIpc) is 2.93. The lowest BCUT2D eigenvalue weighted by Crippen LogP contribution is -1.99. The number of aryl methyl sites for hydroxylation is 1. The van der Waals surface area contributed by atoms with Crippen LogP contribution in [0.4, 0.5) is 0 Å². The molecule has 0 bridgehead atoms. The van der Waals surface area contributed by atoms with Gasteiger partial charge in [-0.05, 0) is 34.1 Å². The molecule has 0 unspecified atom stereocenters. The molecule has 2 aromatic heterocycles. The van der Waals surface area contributed by atoms with Gasteiger partial charge < -0.3 is 10.1 Å². The second kappa shape index (κ2) is 4.24. The molecule has 6 heteroatoms. The highest BCUT2D eigenvalue weighted by atomic mass is 79.9. The molecule has 19 heavy (non-hydrogen) atoms. The molecular weight excluding hydrogens is 310 g/mol. The van der Waals surface area contributed by atoms with E-state index >= 15 is 0 Å². The molecule has 0 spiro atoms. The van der Waals surface area contributed by atoms with Crippen LogP contribution < -0.4 is 0 Å². The minimum atomic E-state index is -1.02. The lowest BCUT2D eigenvalue weighted by Gasteiger charge is -2.02. The van der Waals surface area contributed by atoms with Gasteiger partial charge in [0.05, 0.1) is 5.69 Å². The first kappa shape index (κ1) is 12.0. The maximum absolute atomic E-state index is 10.9. The highest BCUT2D eigenvalue weighted by molar-refractivity contribution is 9.10. The van der Waals surface area contributed by atoms with Gasteiger partial charge in [-0.2, -0.15) is 5.10 Å². The van der Waals surface area contributed by atoms with Crippen molar-refractivity contribution in [3.8, 4) is 11.3 Å². The lowest BCUT2D eigenvalue weighted by molar-refractivity contribution is 0.0689. The number of aromatic nitrogens is 3. The fourth-order valence-corrected chi connectivity index (χ4v) is 2.53. The predicted octanol–water partition coefficient (Wildman–Crippen LogP) is 3.03. The number of aromatic carboxylic acids is 1. The molecule has 0 amide bonds. The van der Waals surface area contributed by atoms with Crippen LogP contribution in [0.2, 0.25) is 0 Å². The van der Waals surface area contributed by atoms with Crippen LogP contribution in [0.1, 0.15) is 10.5 Å². The number of benzene rings is 1. The molecule has 0 aliphatic carbocycles. The fourth-order valence-electron chi connectivity index (χ4n) is 2.09. The van der Waals surface area contributed by atoms with E-state index in [9.17, 15) is 4.79 Å². The summed E-state index contributed by atoms with van der Waals surface area (Å²) in [5.74, 6) is -1.02. The number of H-pyrrole nitrogens is 1. The van der Waals surface area contributed by atoms with E-state index in [1.165, 1.54) is 0 Å². The third-order valence-electron chi connectivity index (χ3n) is 3.03. The molecule has 3 rings (SSSR count). The van der Waals surface area contributed by atoms with E-state index in [1.807, 2.05) is 24.4 Å². The Hall–Kier alpha value is -2.08. The van der Waals surface area contributed by atoms with Crippen molar-refractivity contribution in [3.05, 3.63) is 40.6 Å². The molecule has 0 atom stereocenters. The quantitative estimate of drug-likeness (QED) is 0.762. The molecule has 1 aromatic carbocycles. The smallest absolute Gasteiger partial charge is 0.356 e. The first-order chi connectivity index (χ1) is 9.06. The molecule has 3 aromatic rings. The Morgan fingerprint density at radius 1 is 1.42 bits per heavy atom. The van der Waals surface area contributed by atoms with Crippen LogP contribution in [-0.4, -0.2) is 25.8 Å². The van der Waals surface area contributed by atoms with E-state index in [-0.39, 0.29) is 5.69 Å². The number of carboxylic acid groups (broad SMARTS) is 1. The second-order valence-corrected chi connectivity index (χ2v) is 5.09. The molecule has 0 aliphatic heterocycles. The van der Waals surface area contributed by atoms with Crippen LogP contribution in [0.5, 0.6) is 0 Å². The van der Waals surface area contributed by atoms with Crippen LogP contribution in [0.3, 0.4) is 0 Å². The summed E-state index contributed by atoms with van der Waals surface area (Å²) in [4.78, 5) is 14.1. The Morgan fingerprint density at radius 3 is 2.89 bits per heavy atom. The summed E-state index contributed by atoms with van der Waals surface area (Å²) >= 11 is 3.47. The number of carbonyl (C=O) groups is 1. The maximum Gasteiger partial charge on any atom is 0.356 e. The van der Waals surface area contributed by atoms with Gasteiger partial charge in [0.25, 0.3) is 0 Å². The zero-order valence-electron chi connectivity index (χ0n) is 10.0. The predicted molar refractivity (Wildman–Crippen MR) is 75.2 cm³/mol. The number of hydrogen-bond acceptors (Lipinski definition) is 2. The fraction of sp³-hybridized carbons (Fsp3) is 0.0769.